The van der Waals surface area contributed by atoms with E-state index in [4.69, 9.17) is 0 Å². The first kappa shape index (κ1) is 25.9. The number of anilines is 1. The lowest BCUT2D eigenvalue weighted by Gasteiger charge is -2.29. The largest absolute Gasteiger partial charge is 0.393 e. The van der Waals surface area contributed by atoms with Gasteiger partial charge in [-0.25, -0.2) is 0 Å². The molecule has 0 bridgehead atoms. The number of hydrogen-bond acceptors (Lipinski definition) is 9. The molecule has 3 heterocycles. The van der Waals surface area contributed by atoms with E-state index in [0.717, 1.165) is 62.3 Å². The van der Waals surface area contributed by atoms with Crippen LogP contribution in [0.2, 0.25) is 0 Å². The smallest absolute Gasteiger partial charge is 0.273 e. The van der Waals surface area contributed by atoms with Crippen LogP contribution >= 0.6 is 11.3 Å². The number of unbranched alkanes of at least 4 members (excludes halogenated alkanes) is 1. The zero-order valence-electron chi connectivity index (χ0n) is 20.2. The van der Waals surface area contributed by atoms with E-state index >= 15 is 0 Å². The molecule has 1 fully saturated rings. The number of carbonyl (C=O) groups excluding carboxylic acids is 2. The normalized spacial score (nSPS) is 14.6. The Hall–Kier alpha value is -3.22. The van der Waals surface area contributed by atoms with Gasteiger partial charge in [-0.05, 0) is 31.2 Å². The average Bonchev–Trinajstić information content (AvgIpc) is 3.53. The Balaban J connectivity index is 1.11. The van der Waals surface area contributed by atoms with Gasteiger partial charge in [0.05, 0.1) is 18.7 Å². The Morgan fingerprint density at radius 1 is 1.06 bits per heavy atom. The quantitative estimate of drug-likeness (QED) is 0.311. The molecule has 1 aromatic carbocycles. The lowest BCUT2D eigenvalue weighted by molar-refractivity contribution is -0.115. The molecule has 12 heteroatoms. The maximum absolute atomic E-state index is 12.3. The van der Waals surface area contributed by atoms with E-state index < -0.39 is 0 Å². The van der Waals surface area contributed by atoms with Crippen molar-refractivity contribution in [3.63, 3.8) is 0 Å². The van der Waals surface area contributed by atoms with Crippen LogP contribution in [0.1, 0.15) is 46.7 Å². The number of aliphatic hydroxyl groups excluding tert-OH is 1. The average molecular weight is 513 g/mol. The zero-order chi connectivity index (χ0) is 25.2. The van der Waals surface area contributed by atoms with Crippen molar-refractivity contribution >= 4 is 28.3 Å². The van der Waals surface area contributed by atoms with Gasteiger partial charge < -0.3 is 20.6 Å². The van der Waals surface area contributed by atoms with Crippen molar-refractivity contribution in [2.24, 2.45) is 0 Å². The van der Waals surface area contributed by atoms with Gasteiger partial charge in [0, 0.05) is 39.1 Å². The van der Waals surface area contributed by atoms with Crippen LogP contribution in [-0.4, -0.2) is 79.3 Å². The van der Waals surface area contributed by atoms with Gasteiger partial charge in [-0.1, -0.05) is 46.9 Å². The second kappa shape index (κ2) is 13.2. The van der Waals surface area contributed by atoms with Crippen molar-refractivity contribution in [3.8, 4) is 0 Å². The predicted molar refractivity (Wildman–Crippen MR) is 136 cm³/mol. The number of amides is 2. The van der Waals surface area contributed by atoms with Crippen LogP contribution in [0.3, 0.4) is 0 Å². The third-order valence-corrected chi connectivity index (χ3v) is 6.89. The Labute approximate surface area is 213 Å². The molecule has 3 aromatic rings. The molecular weight excluding hydrogens is 480 g/mol. The van der Waals surface area contributed by atoms with Crippen LogP contribution in [0, 0.1) is 0 Å². The monoisotopic (exact) mass is 512 g/mol. The van der Waals surface area contributed by atoms with Crippen molar-refractivity contribution in [2.75, 3.05) is 31.5 Å². The van der Waals surface area contributed by atoms with Gasteiger partial charge >= 0.3 is 0 Å². The number of rotatable bonds is 12. The molecule has 11 nitrogen and oxygen atoms in total. The predicted octanol–water partition coefficient (Wildman–Crippen LogP) is 1.52. The van der Waals surface area contributed by atoms with Gasteiger partial charge in [-0.2, -0.15) is 0 Å². The molecular formula is C24H32N8O3S. The van der Waals surface area contributed by atoms with Crippen LogP contribution < -0.4 is 10.6 Å². The Kier molecular flexibility index (Phi) is 9.47. The number of hydrogen-bond donors (Lipinski definition) is 3. The molecule has 0 unspecified atom stereocenters. The maximum Gasteiger partial charge on any atom is 0.273 e. The second-order valence-electron chi connectivity index (χ2n) is 8.86. The second-order valence-corrected chi connectivity index (χ2v) is 9.93. The Morgan fingerprint density at radius 3 is 2.67 bits per heavy atom. The zero-order valence-corrected chi connectivity index (χ0v) is 21.0. The molecule has 2 amide bonds. The van der Waals surface area contributed by atoms with Gasteiger partial charge in [0.2, 0.25) is 11.0 Å². The SMILES string of the molecule is O=C(Cc1ccccc1)Nc1nnc(CCCCn2cc(C(=O)NCCN3CCC(O)CC3)nn2)s1. The number of carbonyl (C=O) groups is 2. The van der Waals surface area contributed by atoms with E-state index in [1.165, 1.54) is 11.3 Å². The Bertz CT molecular complexity index is 1110. The lowest BCUT2D eigenvalue weighted by atomic mass is 10.1. The molecule has 4 rings (SSSR count). The summed E-state index contributed by atoms with van der Waals surface area (Å²) in [5, 5.41) is 32.9. The molecule has 0 saturated carbocycles. The summed E-state index contributed by atoms with van der Waals surface area (Å²) in [5.41, 5.74) is 1.26. The van der Waals surface area contributed by atoms with Crippen LogP contribution in [0.4, 0.5) is 5.13 Å². The van der Waals surface area contributed by atoms with Gasteiger partial charge in [0.15, 0.2) is 5.69 Å². The van der Waals surface area contributed by atoms with Crippen molar-refractivity contribution in [1.29, 1.82) is 0 Å². The van der Waals surface area contributed by atoms with Crippen molar-refractivity contribution < 1.29 is 14.7 Å². The van der Waals surface area contributed by atoms with E-state index in [9.17, 15) is 14.7 Å². The first-order chi connectivity index (χ1) is 17.5. The molecule has 36 heavy (non-hydrogen) atoms. The van der Waals surface area contributed by atoms with Crippen LogP contribution in [0.15, 0.2) is 36.5 Å². The number of aromatic nitrogens is 5. The summed E-state index contributed by atoms with van der Waals surface area (Å²) in [6, 6.07) is 9.57. The highest BCUT2D eigenvalue weighted by Gasteiger charge is 2.17. The molecule has 2 aromatic heterocycles. The number of likely N-dealkylation sites (tertiary alicyclic amines) is 1. The first-order valence-corrected chi connectivity index (χ1v) is 13.1. The van der Waals surface area contributed by atoms with E-state index in [1.807, 2.05) is 30.3 Å². The van der Waals surface area contributed by atoms with Crippen molar-refractivity contribution in [1.82, 2.24) is 35.4 Å². The topological polar surface area (TPSA) is 138 Å². The summed E-state index contributed by atoms with van der Waals surface area (Å²) in [7, 11) is 0. The molecule has 1 aliphatic heterocycles. The van der Waals surface area contributed by atoms with Crippen LogP contribution in [0.25, 0.3) is 0 Å². The number of nitrogens with zero attached hydrogens (tertiary/aromatic N) is 6. The van der Waals surface area contributed by atoms with Crippen LogP contribution in [-0.2, 0) is 24.2 Å². The minimum absolute atomic E-state index is 0.110. The Morgan fingerprint density at radius 2 is 1.86 bits per heavy atom. The summed E-state index contributed by atoms with van der Waals surface area (Å²) < 4.78 is 1.68. The fourth-order valence-electron chi connectivity index (χ4n) is 3.97. The van der Waals surface area contributed by atoms with Gasteiger partial charge in [0.1, 0.15) is 5.01 Å². The number of aryl methyl sites for hydroxylation is 2. The lowest BCUT2D eigenvalue weighted by Crippen LogP contribution is -2.40. The molecule has 0 atom stereocenters. The molecule has 192 valence electrons. The summed E-state index contributed by atoms with van der Waals surface area (Å²) in [4.78, 5) is 26.7. The van der Waals surface area contributed by atoms with Crippen molar-refractivity contribution in [3.05, 3.63) is 52.8 Å². The number of piperidine rings is 1. The van der Waals surface area contributed by atoms with Gasteiger partial charge in [0.25, 0.3) is 5.91 Å². The molecule has 1 saturated heterocycles. The standard InChI is InChI=1S/C24H32N8O3S/c33-19-9-13-31(14-10-19)15-11-25-23(35)20-17-32(30-27-20)12-5-4-8-22-28-29-24(36-22)26-21(34)16-18-6-2-1-3-7-18/h1-3,6-7,17,19,33H,4-5,8-16H2,(H,25,35)(H,26,29,34). The first-order valence-electron chi connectivity index (χ1n) is 12.3. The molecule has 0 spiro atoms. The number of nitrogens with one attached hydrogen (secondary N) is 2. The highest BCUT2D eigenvalue weighted by Crippen LogP contribution is 2.18. The van der Waals surface area contributed by atoms with E-state index in [2.05, 4.69) is 36.0 Å². The highest BCUT2D eigenvalue weighted by molar-refractivity contribution is 7.15. The van der Waals surface area contributed by atoms with Crippen LogP contribution in [0.5, 0.6) is 0 Å². The highest BCUT2D eigenvalue weighted by atomic mass is 32.1. The van der Waals surface area contributed by atoms with Crippen molar-refractivity contribution in [2.45, 2.75) is 51.2 Å². The fourth-order valence-corrected chi connectivity index (χ4v) is 4.77. The maximum atomic E-state index is 12.3. The summed E-state index contributed by atoms with van der Waals surface area (Å²) >= 11 is 1.39. The minimum Gasteiger partial charge on any atom is -0.393 e. The fraction of sp³-hybridized carbons (Fsp3) is 0.500. The number of benzene rings is 1. The molecule has 1 aliphatic rings. The molecule has 0 radical (unpaired) electrons. The van der Waals surface area contributed by atoms with E-state index in [-0.39, 0.29) is 17.9 Å². The number of aliphatic hydroxyl groups is 1. The summed E-state index contributed by atoms with van der Waals surface area (Å²) in [6.45, 7) is 3.66. The minimum atomic E-state index is -0.228. The van der Waals surface area contributed by atoms with E-state index in [1.54, 1.807) is 10.9 Å². The third kappa shape index (κ3) is 8.18. The molecule has 3 N–H and O–H groups in total. The van der Waals surface area contributed by atoms with Gasteiger partial charge in [-0.15, -0.1) is 15.3 Å². The van der Waals surface area contributed by atoms with E-state index in [0.29, 0.717) is 30.3 Å². The molecule has 0 aliphatic carbocycles. The summed E-state index contributed by atoms with van der Waals surface area (Å²) in [6.07, 6.45) is 5.82. The third-order valence-electron chi connectivity index (χ3n) is 5.99. The summed E-state index contributed by atoms with van der Waals surface area (Å²) in [5.74, 6) is -0.338. The van der Waals surface area contributed by atoms with Gasteiger partial charge in [-0.3, -0.25) is 14.3 Å².